The van der Waals surface area contributed by atoms with E-state index in [9.17, 15) is 8.42 Å². The molecule has 0 aromatic heterocycles. The Morgan fingerprint density at radius 3 is 2.40 bits per heavy atom. The van der Waals surface area contributed by atoms with Crippen LogP contribution in [0.4, 0.5) is 5.69 Å². The van der Waals surface area contributed by atoms with Gasteiger partial charge >= 0.3 is 0 Å². The molecule has 1 aliphatic rings. The lowest BCUT2D eigenvalue weighted by atomic mass is 10.1. The van der Waals surface area contributed by atoms with Gasteiger partial charge in [0.2, 0.25) is 10.0 Å². The van der Waals surface area contributed by atoms with Crippen LogP contribution >= 0.6 is 15.9 Å². The molecule has 0 unspecified atom stereocenters. The fourth-order valence-electron chi connectivity index (χ4n) is 2.87. The van der Waals surface area contributed by atoms with Gasteiger partial charge in [-0.15, -0.1) is 0 Å². The molecular weight excluding hydrogens is 404 g/mol. The average Bonchev–Trinajstić information content (AvgIpc) is 2.63. The maximum atomic E-state index is 12.8. The Labute approximate surface area is 157 Å². The van der Waals surface area contributed by atoms with E-state index in [1.807, 2.05) is 24.3 Å². The summed E-state index contributed by atoms with van der Waals surface area (Å²) in [4.78, 5) is 2.54. The molecule has 0 amide bonds. The number of benzene rings is 2. The average molecular weight is 425 g/mol. The number of halogens is 1. The van der Waals surface area contributed by atoms with E-state index < -0.39 is 10.0 Å². The first-order valence-corrected chi connectivity index (χ1v) is 10.3. The second-order valence-corrected chi connectivity index (χ2v) is 8.90. The molecular formula is C18H21BrN2O3S. The standard InChI is InChI=1S/C18H21BrN2O3S/c1-20(25(22,23)17-8-6-16(19)7-9-17)14-15-4-2-3-5-18(15)21-10-12-24-13-11-21/h2-9H,10-14H2,1H3. The van der Waals surface area contributed by atoms with Gasteiger partial charge in [0, 0.05) is 36.8 Å². The Morgan fingerprint density at radius 2 is 1.72 bits per heavy atom. The van der Waals surface area contributed by atoms with Crippen LogP contribution < -0.4 is 4.90 Å². The molecule has 1 fully saturated rings. The Morgan fingerprint density at radius 1 is 1.08 bits per heavy atom. The molecule has 1 saturated heterocycles. The number of ether oxygens (including phenoxy) is 1. The Balaban J connectivity index is 1.83. The summed E-state index contributed by atoms with van der Waals surface area (Å²) in [5.41, 5.74) is 2.07. The van der Waals surface area contributed by atoms with Gasteiger partial charge in [-0.2, -0.15) is 4.31 Å². The number of para-hydroxylation sites is 1. The van der Waals surface area contributed by atoms with Gasteiger partial charge in [0.15, 0.2) is 0 Å². The van der Waals surface area contributed by atoms with Crippen molar-refractivity contribution < 1.29 is 13.2 Å². The van der Waals surface area contributed by atoms with Gasteiger partial charge in [-0.25, -0.2) is 8.42 Å². The topological polar surface area (TPSA) is 49.9 Å². The number of hydrogen-bond donors (Lipinski definition) is 0. The normalized spacial score (nSPS) is 15.6. The van der Waals surface area contributed by atoms with Gasteiger partial charge in [-0.1, -0.05) is 34.1 Å². The molecule has 0 bridgehead atoms. The van der Waals surface area contributed by atoms with Crippen molar-refractivity contribution in [3.63, 3.8) is 0 Å². The third-order valence-electron chi connectivity index (χ3n) is 4.26. The highest BCUT2D eigenvalue weighted by Gasteiger charge is 2.23. The summed E-state index contributed by atoms with van der Waals surface area (Å²) < 4.78 is 33.3. The molecule has 2 aromatic rings. The first kappa shape index (κ1) is 18.4. The second kappa shape index (κ2) is 7.86. The molecule has 5 nitrogen and oxygen atoms in total. The number of nitrogens with zero attached hydrogens (tertiary/aromatic N) is 2. The van der Waals surface area contributed by atoms with Crippen LogP contribution in [0.15, 0.2) is 57.9 Å². The lowest BCUT2D eigenvalue weighted by Crippen LogP contribution is -2.37. The number of rotatable bonds is 5. The highest BCUT2D eigenvalue weighted by molar-refractivity contribution is 9.10. The second-order valence-electron chi connectivity index (χ2n) is 5.94. The van der Waals surface area contributed by atoms with Crippen LogP contribution in [-0.4, -0.2) is 46.1 Å². The Bertz CT molecular complexity index is 818. The third kappa shape index (κ3) is 4.23. The summed E-state index contributed by atoms with van der Waals surface area (Å²) >= 11 is 3.33. The predicted molar refractivity (Wildman–Crippen MR) is 102 cm³/mol. The van der Waals surface area contributed by atoms with Crippen molar-refractivity contribution in [1.82, 2.24) is 4.31 Å². The van der Waals surface area contributed by atoms with Crippen molar-refractivity contribution in [2.24, 2.45) is 0 Å². The summed E-state index contributed by atoms with van der Waals surface area (Å²) in [5, 5.41) is 0. The van der Waals surface area contributed by atoms with Crippen LogP contribution in [0, 0.1) is 0 Å². The fourth-order valence-corrected chi connectivity index (χ4v) is 4.28. The lowest BCUT2D eigenvalue weighted by Gasteiger charge is -2.31. The predicted octanol–water partition coefficient (Wildman–Crippen LogP) is 3.11. The quantitative estimate of drug-likeness (QED) is 0.739. The van der Waals surface area contributed by atoms with Crippen molar-refractivity contribution in [1.29, 1.82) is 0 Å². The van der Waals surface area contributed by atoms with E-state index in [0.29, 0.717) is 24.7 Å². The zero-order chi connectivity index (χ0) is 17.9. The molecule has 1 heterocycles. The maximum absolute atomic E-state index is 12.8. The van der Waals surface area contributed by atoms with E-state index in [1.165, 1.54) is 4.31 Å². The van der Waals surface area contributed by atoms with Gasteiger partial charge < -0.3 is 9.64 Å². The highest BCUT2D eigenvalue weighted by atomic mass is 79.9. The van der Waals surface area contributed by atoms with Gasteiger partial charge in [-0.3, -0.25) is 0 Å². The molecule has 0 spiro atoms. The van der Waals surface area contributed by atoms with Crippen LogP contribution in [0.2, 0.25) is 0 Å². The highest BCUT2D eigenvalue weighted by Crippen LogP contribution is 2.25. The van der Waals surface area contributed by atoms with Crippen LogP contribution in [0.3, 0.4) is 0 Å². The molecule has 134 valence electrons. The number of morpholine rings is 1. The summed E-state index contributed by atoms with van der Waals surface area (Å²) in [7, 11) is -1.91. The fraction of sp³-hybridized carbons (Fsp3) is 0.333. The lowest BCUT2D eigenvalue weighted by molar-refractivity contribution is 0.122. The molecule has 0 radical (unpaired) electrons. The van der Waals surface area contributed by atoms with Crippen molar-refractivity contribution >= 4 is 31.6 Å². The summed E-state index contributed by atoms with van der Waals surface area (Å²) in [6, 6.07) is 14.7. The first-order chi connectivity index (χ1) is 12.0. The Kier molecular flexibility index (Phi) is 5.78. The van der Waals surface area contributed by atoms with Crippen molar-refractivity contribution in [3.8, 4) is 0 Å². The number of sulfonamides is 1. The SMILES string of the molecule is CN(Cc1ccccc1N1CCOCC1)S(=O)(=O)c1ccc(Br)cc1. The van der Waals surface area contributed by atoms with E-state index in [4.69, 9.17) is 4.74 Å². The van der Waals surface area contributed by atoms with Crippen molar-refractivity contribution in [2.75, 3.05) is 38.3 Å². The minimum atomic E-state index is -3.53. The molecule has 2 aromatic carbocycles. The van der Waals surface area contributed by atoms with Crippen molar-refractivity contribution in [3.05, 3.63) is 58.6 Å². The molecule has 0 aliphatic carbocycles. The molecule has 25 heavy (non-hydrogen) atoms. The molecule has 3 rings (SSSR count). The van der Waals surface area contributed by atoms with E-state index in [2.05, 4.69) is 20.8 Å². The van der Waals surface area contributed by atoms with Crippen LogP contribution in [-0.2, 0) is 21.3 Å². The minimum Gasteiger partial charge on any atom is -0.378 e. The van der Waals surface area contributed by atoms with Gasteiger partial charge in [0.1, 0.15) is 0 Å². The molecule has 7 heteroatoms. The summed E-state index contributed by atoms with van der Waals surface area (Å²) in [6.07, 6.45) is 0. The molecule has 0 atom stereocenters. The summed E-state index contributed by atoms with van der Waals surface area (Å²) in [6.45, 7) is 3.36. The first-order valence-electron chi connectivity index (χ1n) is 8.11. The van der Waals surface area contributed by atoms with Crippen LogP contribution in [0.25, 0.3) is 0 Å². The number of anilines is 1. The van der Waals surface area contributed by atoms with Gasteiger partial charge in [-0.05, 0) is 35.9 Å². The van der Waals surface area contributed by atoms with E-state index in [0.717, 1.165) is 28.8 Å². The van der Waals surface area contributed by atoms with E-state index >= 15 is 0 Å². The van der Waals surface area contributed by atoms with Gasteiger partial charge in [0.25, 0.3) is 0 Å². The van der Waals surface area contributed by atoms with Crippen molar-refractivity contribution in [2.45, 2.75) is 11.4 Å². The van der Waals surface area contributed by atoms with E-state index in [1.54, 1.807) is 31.3 Å². The molecule has 0 N–H and O–H groups in total. The Hall–Kier alpha value is -1.41. The maximum Gasteiger partial charge on any atom is 0.243 e. The minimum absolute atomic E-state index is 0.294. The van der Waals surface area contributed by atoms with Crippen LogP contribution in [0.5, 0.6) is 0 Å². The smallest absolute Gasteiger partial charge is 0.243 e. The zero-order valence-electron chi connectivity index (χ0n) is 14.1. The summed E-state index contributed by atoms with van der Waals surface area (Å²) in [5.74, 6) is 0. The largest absolute Gasteiger partial charge is 0.378 e. The molecule has 0 saturated carbocycles. The van der Waals surface area contributed by atoms with E-state index in [-0.39, 0.29) is 0 Å². The van der Waals surface area contributed by atoms with Gasteiger partial charge in [0.05, 0.1) is 18.1 Å². The monoisotopic (exact) mass is 424 g/mol. The molecule has 1 aliphatic heterocycles. The third-order valence-corrected chi connectivity index (χ3v) is 6.60. The number of hydrogen-bond acceptors (Lipinski definition) is 4. The zero-order valence-corrected chi connectivity index (χ0v) is 16.5. The van der Waals surface area contributed by atoms with Crippen LogP contribution in [0.1, 0.15) is 5.56 Å².